The van der Waals surface area contributed by atoms with Crippen molar-refractivity contribution in [3.8, 4) is 0 Å². The summed E-state index contributed by atoms with van der Waals surface area (Å²) in [7, 11) is 0. The minimum Gasteiger partial charge on any atom is -0.378 e. The maximum Gasteiger partial charge on any atom is 0.227 e. The summed E-state index contributed by atoms with van der Waals surface area (Å²) in [6, 6.07) is 0. The fourth-order valence-electron chi connectivity index (χ4n) is 3.54. The fraction of sp³-hybridized carbons (Fsp3) is 0.867. The summed E-state index contributed by atoms with van der Waals surface area (Å²) in [5, 5.41) is 3.24. The van der Waals surface area contributed by atoms with Crippen molar-refractivity contribution in [3.05, 3.63) is 0 Å². The SMILES string of the molecule is O=C(C1CCCN(C(=O)C2CCNC2)C1)N1CCOCC1. The van der Waals surface area contributed by atoms with Gasteiger partial charge in [0.1, 0.15) is 0 Å². The van der Waals surface area contributed by atoms with E-state index in [0.29, 0.717) is 32.8 Å². The second-order valence-electron chi connectivity index (χ2n) is 6.25. The third kappa shape index (κ3) is 3.37. The summed E-state index contributed by atoms with van der Waals surface area (Å²) >= 11 is 0. The summed E-state index contributed by atoms with van der Waals surface area (Å²) in [6.07, 6.45) is 2.77. The van der Waals surface area contributed by atoms with E-state index in [-0.39, 0.29) is 23.7 Å². The van der Waals surface area contributed by atoms with E-state index >= 15 is 0 Å². The van der Waals surface area contributed by atoms with Gasteiger partial charge in [-0.3, -0.25) is 9.59 Å². The van der Waals surface area contributed by atoms with E-state index in [0.717, 1.165) is 38.9 Å². The monoisotopic (exact) mass is 295 g/mol. The maximum absolute atomic E-state index is 12.6. The topological polar surface area (TPSA) is 61.9 Å². The molecule has 2 atom stereocenters. The number of carbonyl (C=O) groups is 2. The third-order valence-electron chi connectivity index (χ3n) is 4.81. The van der Waals surface area contributed by atoms with Crippen LogP contribution in [0.15, 0.2) is 0 Å². The average molecular weight is 295 g/mol. The summed E-state index contributed by atoms with van der Waals surface area (Å²) in [6.45, 7) is 5.78. The second-order valence-corrected chi connectivity index (χ2v) is 6.25. The van der Waals surface area contributed by atoms with Gasteiger partial charge in [0.05, 0.1) is 25.0 Å². The number of rotatable bonds is 2. The Morgan fingerprint density at radius 2 is 1.71 bits per heavy atom. The summed E-state index contributed by atoms with van der Waals surface area (Å²) in [5.41, 5.74) is 0. The Labute approximate surface area is 125 Å². The molecule has 3 fully saturated rings. The molecule has 0 aliphatic carbocycles. The first-order valence-corrected chi connectivity index (χ1v) is 8.12. The molecule has 0 radical (unpaired) electrons. The molecular formula is C15H25N3O3. The van der Waals surface area contributed by atoms with Gasteiger partial charge in [-0.25, -0.2) is 0 Å². The molecule has 6 heteroatoms. The maximum atomic E-state index is 12.6. The molecular weight excluding hydrogens is 270 g/mol. The van der Waals surface area contributed by atoms with Crippen molar-refractivity contribution in [3.63, 3.8) is 0 Å². The van der Waals surface area contributed by atoms with Crippen LogP contribution in [0.2, 0.25) is 0 Å². The molecule has 3 saturated heterocycles. The van der Waals surface area contributed by atoms with Crippen LogP contribution in [0, 0.1) is 11.8 Å². The van der Waals surface area contributed by atoms with E-state index < -0.39 is 0 Å². The van der Waals surface area contributed by atoms with Crippen molar-refractivity contribution < 1.29 is 14.3 Å². The quantitative estimate of drug-likeness (QED) is 0.759. The molecule has 3 heterocycles. The van der Waals surface area contributed by atoms with E-state index in [9.17, 15) is 9.59 Å². The molecule has 118 valence electrons. The second kappa shape index (κ2) is 6.75. The highest BCUT2D eigenvalue weighted by molar-refractivity contribution is 5.82. The number of hydrogen-bond donors (Lipinski definition) is 1. The summed E-state index contributed by atoms with van der Waals surface area (Å²) < 4.78 is 5.30. The zero-order valence-corrected chi connectivity index (χ0v) is 12.6. The number of amides is 2. The zero-order chi connectivity index (χ0) is 14.7. The molecule has 0 aromatic carbocycles. The molecule has 21 heavy (non-hydrogen) atoms. The van der Waals surface area contributed by atoms with Crippen LogP contribution in [-0.2, 0) is 14.3 Å². The van der Waals surface area contributed by atoms with Crippen LogP contribution in [0.4, 0.5) is 0 Å². The van der Waals surface area contributed by atoms with Crippen LogP contribution in [0.5, 0.6) is 0 Å². The number of nitrogens with zero attached hydrogens (tertiary/aromatic N) is 2. The predicted molar refractivity (Wildman–Crippen MR) is 77.7 cm³/mol. The van der Waals surface area contributed by atoms with Gasteiger partial charge in [0.15, 0.2) is 0 Å². The lowest BCUT2D eigenvalue weighted by atomic mass is 9.94. The molecule has 3 aliphatic heterocycles. The van der Waals surface area contributed by atoms with Crippen molar-refractivity contribution in [1.29, 1.82) is 0 Å². The van der Waals surface area contributed by atoms with E-state index in [2.05, 4.69) is 5.32 Å². The zero-order valence-electron chi connectivity index (χ0n) is 12.6. The van der Waals surface area contributed by atoms with Gasteiger partial charge in [-0.2, -0.15) is 0 Å². The van der Waals surface area contributed by atoms with Crippen molar-refractivity contribution in [2.45, 2.75) is 19.3 Å². The van der Waals surface area contributed by atoms with Gasteiger partial charge >= 0.3 is 0 Å². The first-order valence-electron chi connectivity index (χ1n) is 8.12. The normalized spacial score (nSPS) is 30.5. The lowest BCUT2D eigenvalue weighted by Gasteiger charge is -2.37. The molecule has 2 amide bonds. The van der Waals surface area contributed by atoms with Crippen molar-refractivity contribution in [2.24, 2.45) is 11.8 Å². The molecule has 1 N–H and O–H groups in total. The van der Waals surface area contributed by atoms with Crippen LogP contribution >= 0.6 is 0 Å². The Morgan fingerprint density at radius 1 is 0.952 bits per heavy atom. The van der Waals surface area contributed by atoms with Gasteiger partial charge in [0.25, 0.3) is 0 Å². The Kier molecular flexibility index (Phi) is 4.75. The standard InChI is InChI=1S/C15H25N3O3/c19-14(12-3-4-16-10-12)18-5-1-2-13(11-18)15(20)17-6-8-21-9-7-17/h12-13,16H,1-11H2. The van der Waals surface area contributed by atoms with Crippen LogP contribution in [0.3, 0.4) is 0 Å². The van der Waals surface area contributed by atoms with E-state index in [1.165, 1.54) is 0 Å². The Bertz CT molecular complexity index is 390. The molecule has 3 rings (SSSR count). The van der Waals surface area contributed by atoms with Gasteiger partial charge in [-0.05, 0) is 25.8 Å². The van der Waals surface area contributed by atoms with Crippen LogP contribution in [-0.4, -0.2) is 74.1 Å². The van der Waals surface area contributed by atoms with Gasteiger partial charge in [0, 0.05) is 32.7 Å². The molecule has 0 bridgehead atoms. The summed E-state index contributed by atoms with van der Waals surface area (Å²) in [5.74, 6) is 0.539. The van der Waals surface area contributed by atoms with Crippen molar-refractivity contribution >= 4 is 11.8 Å². The van der Waals surface area contributed by atoms with Crippen LogP contribution in [0.1, 0.15) is 19.3 Å². The Hall–Kier alpha value is -1.14. The fourth-order valence-corrected chi connectivity index (χ4v) is 3.54. The van der Waals surface area contributed by atoms with Gasteiger partial charge in [0.2, 0.25) is 11.8 Å². The number of carbonyl (C=O) groups excluding carboxylic acids is 2. The number of piperidine rings is 1. The highest BCUT2D eigenvalue weighted by Gasteiger charge is 2.34. The van der Waals surface area contributed by atoms with E-state index in [1.807, 2.05) is 9.80 Å². The summed E-state index contributed by atoms with van der Waals surface area (Å²) in [4.78, 5) is 28.9. The molecule has 2 unspecified atom stereocenters. The largest absolute Gasteiger partial charge is 0.378 e. The van der Waals surface area contributed by atoms with Gasteiger partial charge in [-0.1, -0.05) is 0 Å². The molecule has 0 saturated carbocycles. The van der Waals surface area contributed by atoms with Crippen LogP contribution in [0.25, 0.3) is 0 Å². The Balaban J connectivity index is 1.57. The van der Waals surface area contributed by atoms with Gasteiger partial charge in [-0.15, -0.1) is 0 Å². The van der Waals surface area contributed by atoms with E-state index in [1.54, 1.807) is 0 Å². The smallest absolute Gasteiger partial charge is 0.227 e. The molecule has 0 aromatic heterocycles. The highest BCUT2D eigenvalue weighted by atomic mass is 16.5. The molecule has 0 spiro atoms. The van der Waals surface area contributed by atoms with Crippen molar-refractivity contribution in [2.75, 3.05) is 52.5 Å². The van der Waals surface area contributed by atoms with Crippen LogP contribution < -0.4 is 5.32 Å². The first-order chi connectivity index (χ1) is 10.3. The van der Waals surface area contributed by atoms with Crippen molar-refractivity contribution in [1.82, 2.24) is 15.1 Å². The third-order valence-corrected chi connectivity index (χ3v) is 4.81. The highest BCUT2D eigenvalue weighted by Crippen LogP contribution is 2.22. The minimum atomic E-state index is -0.0184. The number of ether oxygens (including phenoxy) is 1. The number of hydrogen-bond acceptors (Lipinski definition) is 4. The van der Waals surface area contributed by atoms with Gasteiger partial charge < -0.3 is 19.9 Å². The molecule has 3 aliphatic rings. The number of nitrogens with one attached hydrogen (secondary N) is 1. The minimum absolute atomic E-state index is 0.0184. The average Bonchev–Trinajstić information content (AvgIpc) is 3.09. The van der Waals surface area contributed by atoms with E-state index in [4.69, 9.17) is 4.74 Å². The Morgan fingerprint density at radius 3 is 2.43 bits per heavy atom. The lowest BCUT2D eigenvalue weighted by molar-refractivity contribution is -0.145. The molecule has 0 aromatic rings. The predicted octanol–water partition coefficient (Wildman–Crippen LogP) is -0.307. The number of morpholine rings is 1. The number of likely N-dealkylation sites (tertiary alicyclic amines) is 1. The molecule has 6 nitrogen and oxygen atoms in total. The lowest BCUT2D eigenvalue weighted by Crippen LogP contribution is -2.50. The first kappa shape index (κ1) is 14.8.